The Morgan fingerprint density at radius 1 is 1.05 bits per heavy atom. The molecule has 0 aliphatic rings. The van der Waals surface area contributed by atoms with Crippen molar-refractivity contribution < 1.29 is 14.7 Å². The van der Waals surface area contributed by atoms with Crippen LogP contribution in [0.15, 0.2) is 48.5 Å². The summed E-state index contributed by atoms with van der Waals surface area (Å²) >= 11 is 0. The van der Waals surface area contributed by atoms with E-state index in [0.29, 0.717) is 5.56 Å². The molecule has 2 aromatic rings. The highest BCUT2D eigenvalue weighted by atomic mass is 16.4. The topological polar surface area (TPSA) is 66.4 Å². The van der Waals surface area contributed by atoms with Gasteiger partial charge < -0.3 is 10.4 Å². The number of aromatic carboxylic acids is 1. The van der Waals surface area contributed by atoms with Gasteiger partial charge in [0.1, 0.15) is 0 Å². The number of hydrogen-bond acceptors (Lipinski definition) is 2. The van der Waals surface area contributed by atoms with E-state index in [-0.39, 0.29) is 11.3 Å². The molecule has 4 heteroatoms. The van der Waals surface area contributed by atoms with Crippen LogP contribution in [0.5, 0.6) is 0 Å². The van der Waals surface area contributed by atoms with Crippen molar-refractivity contribution >= 4 is 17.6 Å². The quantitative estimate of drug-likeness (QED) is 0.831. The number of nitrogens with one attached hydrogen (secondary N) is 1. The van der Waals surface area contributed by atoms with E-state index in [1.165, 1.54) is 0 Å². The van der Waals surface area contributed by atoms with Crippen molar-refractivity contribution in [2.45, 2.75) is 6.92 Å². The molecule has 0 heterocycles. The molecule has 0 radical (unpaired) electrons. The van der Waals surface area contributed by atoms with Crippen molar-refractivity contribution in [3.63, 3.8) is 0 Å². The third-order valence-corrected chi connectivity index (χ3v) is 2.83. The molecule has 2 aromatic carbocycles. The van der Waals surface area contributed by atoms with Crippen molar-refractivity contribution in [3.8, 4) is 11.8 Å². The zero-order chi connectivity index (χ0) is 15.2. The average Bonchev–Trinajstić information content (AvgIpc) is 2.46. The second-order valence-electron chi connectivity index (χ2n) is 4.37. The Kier molecular flexibility index (Phi) is 4.37. The fraction of sp³-hybridized carbons (Fsp3) is 0.0588. The highest BCUT2D eigenvalue weighted by Crippen LogP contribution is 2.19. The maximum atomic E-state index is 11.8. The highest BCUT2D eigenvalue weighted by molar-refractivity contribution is 6.08. The first kappa shape index (κ1) is 14.4. The van der Waals surface area contributed by atoms with Crippen LogP contribution in [0.1, 0.15) is 21.5 Å². The van der Waals surface area contributed by atoms with Crippen LogP contribution in [0.3, 0.4) is 0 Å². The summed E-state index contributed by atoms with van der Waals surface area (Å²) < 4.78 is 0. The van der Waals surface area contributed by atoms with E-state index in [1.54, 1.807) is 37.3 Å². The molecule has 0 saturated heterocycles. The first-order valence-corrected chi connectivity index (χ1v) is 6.29. The van der Waals surface area contributed by atoms with Gasteiger partial charge in [-0.1, -0.05) is 36.3 Å². The van der Waals surface area contributed by atoms with Gasteiger partial charge in [-0.3, -0.25) is 4.79 Å². The first-order valence-electron chi connectivity index (χ1n) is 6.29. The smallest absolute Gasteiger partial charge is 0.338 e. The number of aryl methyl sites for hydroxylation is 1. The molecule has 4 nitrogen and oxygen atoms in total. The number of amides is 1. The highest BCUT2D eigenvalue weighted by Gasteiger charge is 2.13. The van der Waals surface area contributed by atoms with Crippen molar-refractivity contribution in [1.82, 2.24) is 0 Å². The molecule has 21 heavy (non-hydrogen) atoms. The summed E-state index contributed by atoms with van der Waals surface area (Å²) in [4.78, 5) is 23.0. The van der Waals surface area contributed by atoms with Crippen LogP contribution in [0.2, 0.25) is 0 Å². The monoisotopic (exact) mass is 279 g/mol. The summed E-state index contributed by atoms with van der Waals surface area (Å²) in [5.74, 6) is 3.53. The normalized spacial score (nSPS) is 9.38. The predicted octanol–water partition coefficient (Wildman–Crippen LogP) is 2.68. The van der Waals surface area contributed by atoms with Gasteiger partial charge in [0.05, 0.1) is 11.3 Å². The molecular formula is C17H13NO3. The molecule has 0 saturated carbocycles. The summed E-state index contributed by atoms with van der Waals surface area (Å²) in [6.07, 6.45) is 0. The Labute approximate surface area is 122 Å². The van der Waals surface area contributed by atoms with E-state index in [4.69, 9.17) is 0 Å². The molecule has 104 valence electrons. The van der Waals surface area contributed by atoms with Gasteiger partial charge in [-0.15, -0.1) is 0 Å². The summed E-state index contributed by atoms with van der Waals surface area (Å²) in [5, 5.41) is 11.7. The minimum Gasteiger partial charge on any atom is -0.478 e. The summed E-state index contributed by atoms with van der Waals surface area (Å²) in [7, 11) is 0. The first-order chi connectivity index (χ1) is 10.1. The third kappa shape index (κ3) is 3.71. The van der Waals surface area contributed by atoms with Gasteiger partial charge in [-0.05, 0) is 30.7 Å². The van der Waals surface area contributed by atoms with E-state index in [9.17, 15) is 14.7 Å². The number of hydrogen-bond donors (Lipinski definition) is 2. The van der Waals surface area contributed by atoms with Gasteiger partial charge in [-0.2, -0.15) is 0 Å². The predicted molar refractivity (Wildman–Crippen MR) is 80.1 cm³/mol. The Morgan fingerprint density at radius 2 is 1.76 bits per heavy atom. The molecule has 0 atom stereocenters. The lowest BCUT2D eigenvalue weighted by Gasteiger charge is -2.08. The van der Waals surface area contributed by atoms with Crippen LogP contribution in [-0.2, 0) is 4.79 Å². The van der Waals surface area contributed by atoms with Gasteiger partial charge in [0, 0.05) is 11.5 Å². The number of rotatable bonds is 2. The van der Waals surface area contributed by atoms with Crippen LogP contribution in [0, 0.1) is 18.8 Å². The van der Waals surface area contributed by atoms with Crippen LogP contribution >= 0.6 is 0 Å². The summed E-state index contributed by atoms with van der Waals surface area (Å²) in [5.41, 5.74) is 1.62. The fourth-order valence-electron chi connectivity index (χ4n) is 1.86. The van der Waals surface area contributed by atoms with E-state index >= 15 is 0 Å². The van der Waals surface area contributed by atoms with Crippen molar-refractivity contribution in [3.05, 3.63) is 65.2 Å². The van der Waals surface area contributed by atoms with E-state index in [1.807, 2.05) is 18.2 Å². The number of carbonyl (C=O) groups excluding carboxylic acids is 1. The molecule has 0 aliphatic carbocycles. The Bertz CT molecular complexity index is 740. The van der Waals surface area contributed by atoms with Gasteiger partial charge in [-0.25, -0.2) is 4.79 Å². The zero-order valence-electron chi connectivity index (χ0n) is 11.4. The largest absolute Gasteiger partial charge is 0.478 e. The average molecular weight is 279 g/mol. The van der Waals surface area contributed by atoms with Crippen LogP contribution in [0.25, 0.3) is 0 Å². The number of carboxylic acids is 1. The lowest BCUT2D eigenvalue weighted by Crippen LogP contribution is -2.13. The van der Waals surface area contributed by atoms with Crippen molar-refractivity contribution in [2.75, 3.05) is 5.32 Å². The zero-order valence-corrected chi connectivity index (χ0v) is 11.4. The van der Waals surface area contributed by atoms with Crippen LogP contribution in [0.4, 0.5) is 5.69 Å². The van der Waals surface area contributed by atoms with Crippen molar-refractivity contribution in [2.24, 2.45) is 0 Å². The van der Waals surface area contributed by atoms with E-state index in [0.717, 1.165) is 5.56 Å². The molecule has 2 rings (SSSR count). The Hall–Kier alpha value is -3.06. The number of carboxylic acid groups (broad SMARTS) is 1. The second kappa shape index (κ2) is 6.40. The molecule has 0 spiro atoms. The summed E-state index contributed by atoms with van der Waals surface area (Å²) in [6.45, 7) is 1.68. The van der Waals surface area contributed by atoms with Gasteiger partial charge in [0.2, 0.25) is 0 Å². The maximum Gasteiger partial charge on any atom is 0.338 e. The number of anilines is 1. The second-order valence-corrected chi connectivity index (χ2v) is 4.37. The standard InChI is InChI=1S/C17H13NO3/c1-12-6-5-9-14(16(12)17(20)21)18-15(19)11-10-13-7-3-2-4-8-13/h2-9H,1H3,(H,18,19)(H,20,21). The molecule has 1 amide bonds. The lowest BCUT2D eigenvalue weighted by atomic mass is 10.1. The molecular weight excluding hydrogens is 266 g/mol. The third-order valence-electron chi connectivity index (χ3n) is 2.83. The Balaban J connectivity index is 2.20. The molecule has 0 aromatic heterocycles. The minimum atomic E-state index is -1.08. The molecule has 0 fully saturated rings. The molecule has 0 unspecified atom stereocenters. The lowest BCUT2D eigenvalue weighted by molar-refractivity contribution is -0.111. The van der Waals surface area contributed by atoms with E-state index in [2.05, 4.69) is 17.2 Å². The molecule has 2 N–H and O–H groups in total. The van der Waals surface area contributed by atoms with Crippen LogP contribution in [-0.4, -0.2) is 17.0 Å². The van der Waals surface area contributed by atoms with Crippen LogP contribution < -0.4 is 5.32 Å². The maximum absolute atomic E-state index is 11.8. The SMILES string of the molecule is Cc1cccc(NC(=O)C#Cc2ccccc2)c1C(=O)O. The van der Waals surface area contributed by atoms with Crippen molar-refractivity contribution in [1.29, 1.82) is 0 Å². The minimum absolute atomic E-state index is 0.0763. The van der Waals surface area contributed by atoms with E-state index < -0.39 is 11.9 Å². The summed E-state index contributed by atoms with van der Waals surface area (Å²) in [6, 6.07) is 14.0. The van der Waals surface area contributed by atoms with Gasteiger partial charge >= 0.3 is 11.9 Å². The molecule has 0 bridgehead atoms. The van der Waals surface area contributed by atoms with Gasteiger partial charge in [0.15, 0.2) is 0 Å². The number of benzene rings is 2. The number of carbonyl (C=O) groups is 2. The Morgan fingerprint density at radius 3 is 2.43 bits per heavy atom. The van der Waals surface area contributed by atoms with Gasteiger partial charge in [0.25, 0.3) is 0 Å². The molecule has 0 aliphatic heterocycles. The fourth-order valence-corrected chi connectivity index (χ4v) is 1.86.